The molecular formula is C72H107Br2N11O15. The Labute approximate surface area is 606 Å². The predicted molar refractivity (Wildman–Crippen MR) is 388 cm³/mol. The fourth-order valence-electron chi connectivity index (χ4n) is 12.1. The van der Waals surface area contributed by atoms with E-state index in [1.165, 1.54) is 14.2 Å². The summed E-state index contributed by atoms with van der Waals surface area (Å²) in [5, 5.41) is 15.4. The zero-order chi connectivity index (χ0) is 73.4. The molecule has 0 spiro atoms. The molecule has 0 saturated carbocycles. The Bertz CT molecular complexity index is 3220. The van der Waals surface area contributed by atoms with E-state index in [9.17, 15) is 38.4 Å². The zero-order valence-electron chi connectivity index (χ0n) is 60.4. The van der Waals surface area contributed by atoms with Crippen molar-refractivity contribution in [3.8, 4) is 0 Å². The molecule has 4 aromatic rings. The largest absolute Gasteiger partial charge is 0.379 e. The Kier molecular flexibility index (Phi) is 37.0. The van der Waals surface area contributed by atoms with Gasteiger partial charge in [0.2, 0.25) is 35.4 Å². The monoisotopic (exact) mass is 1520 g/mol. The predicted octanol–water partition coefficient (Wildman–Crippen LogP) is 6.67. The molecule has 3 aromatic carbocycles. The van der Waals surface area contributed by atoms with Crippen LogP contribution in [0.15, 0.2) is 72.8 Å². The number of likely N-dealkylation sites (tertiary alicyclic amines) is 1. The van der Waals surface area contributed by atoms with Gasteiger partial charge in [-0.25, -0.2) is 15.4 Å². The first-order valence-corrected chi connectivity index (χ1v) is 36.7. The van der Waals surface area contributed by atoms with Gasteiger partial charge in [-0.1, -0.05) is 129 Å². The van der Waals surface area contributed by atoms with E-state index in [2.05, 4.69) is 73.9 Å². The maximum absolute atomic E-state index is 14.6. The van der Waals surface area contributed by atoms with E-state index >= 15 is 0 Å². The summed E-state index contributed by atoms with van der Waals surface area (Å²) in [6.45, 7) is 18.1. The SMILES string of the molecule is CC[C@H](C)[C@@H]([C@@H](CC(=O)N1CCC[C@H]1[C@H](OC)[C@@H](C)C(=O)N[C@@H](Cc1ccccc1)C(=O)NOCc1ccc(NC(=O)[C@@H](C)NC(=O)CCOCCOCCOCCOCCNC(=O)c2ccc3nc(CBr)c(CBr)nc3c2)cc1)OC)N(C)C(=O)[C@@H](NC(=O)[C@H](C(C)C)N(C)C)C(C)C. The van der Waals surface area contributed by atoms with E-state index in [1.54, 1.807) is 73.2 Å². The second kappa shape index (κ2) is 44.0. The number of amides is 8. The Hall–Kier alpha value is -6.60. The average Bonchev–Trinajstić information content (AvgIpc) is 1.31. The number of benzene rings is 3. The van der Waals surface area contributed by atoms with Crippen molar-refractivity contribution in [2.75, 3.05) is 107 Å². The first-order chi connectivity index (χ1) is 47.9. The molecule has 0 bridgehead atoms. The molecule has 554 valence electrons. The molecule has 1 saturated heterocycles. The second-order valence-corrected chi connectivity index (χ2v) is 27.1. The van der Waals surface area contributed by atoms with Gasteiger partial charge >= 0.3 is 0 Å². The third-order valence-corrected chi connectivity index (χ3v) is 18.8. The lowest BCUT2D eigenvalue weighted by atomic mass is 9.89. The van der Waals surface area contributed by atoms with Crippen molar-refractivity contribution in [2.45, 2.75) is 160 Å². The van der Waals surface area contributed by atoms with Gasteiger partial charge in [-0.15, -0.1) is 0 Å². The van der Waals surface area contributed by atoms with Crippen LogP contribution >= 0.6 is 31.9 Å². The van der Waals surface area contributed by atoms with Crippen molar-refractivity contribution in [1.82, 2.24) is 51.4 Å². The number of nitrogens with one attached hydrogen (secondary N) is 6. The quantitative estimate of drug-likeness (QED) is 0.0153. The molecule has 5 rings (SSSR count). The van der Waals surface area contributed by atoms with Crippen molar-refractivity contribution in [3.63, 3.8) is 0 Å². The number of hydroxylamine groups is 1. The summed E-state index contributed by atoms with van der Waals surface area (Å²) in [6.07, 6.45) is 0.558. The molecule has 8 amide bonds. The highest BCUT2D eigenvalue weighted by molar-refractivity contribution is 9.09. The number of anilines is 1. The number of likely N-dealkylation sites (N-methyl/N-ethyl adjacent to an activating group) is 2. The molecule has 1 aromatic heterocycles. The Morgan fingerprint density at radius 1 is 0.670 bits per heavy atom. The number of carbonyl (C=O) groups excluding carboxylic acids is 8. The van der Waals surface area contributed by atoms with Crippen molar-refractivity contribution in [3.05, 3.63) is 101 Å². The van der Waals surface area contributed by atoms with E-state index < -0.39 is 72.1 Å². The molecule has 28 heteroatoms. The van der Waals surface area contributed by atoms with Crippen LogP contribution in [0.25, 0.3) is 11.0 Å². The summed E-state index contributed by atoms with van der Waals surface area (Å²) >= 11 is 6.88. The van der Waals surface area contributed by atoms with Crippen LogP contribution in [-0.4, -0.2) is 222 Å². The summed E-state index contributed by atoms with van der Waals surface area (Å²) < 4.78 is 34.4. The van der Waals surface area contributed by atoms with E-state index in [1.807, 2.05) is 90.9 Å². The molecule has 26 nitrogen and oxygen atoms in total. The molecule has 10 atom stereocenters. The van der Waals surface area contributed by atoms with Gasteiger partial charge in [-0.3, -0.25) is 48.1 Å². The van der Waals surface area contributed by atoms with Gasteiger partial charge < -0.3 is 64.8 Å². The highest BCUT2D eigenvalue weighted by atomic mass is 79.9. The van der Waals surface area contributed by atoms with Crippen LogP contribution in [0, 0.1) is 23.7 Å². The Morgan fingerprint density at radius 2 is 1.29 bits per heavy atom. The Morgan fingerprint density at radius 3 is 1.87 bits per heavy atom. The standard InChI is InChI=1S/C72H107Br2N11O15/c1-14-47(6)65(84(11)72(93)63(45(2)3)81-71(92)64(46(4)5)83(9)10)60(94-12)41-62(87)85-30-18-21-59(85)66(95-13)48(7)67(88)80-56(39-50-19-16-15-17-20-50)70(91)82-100-44-51-22-25-53(26-23-51)77-68(89)49(8)76-61(86)28-31-96-33-35-98-37-38-99-36-34-97-32-29-75-69(90)52-24-27-54-55(40-52)79-58(43-74)57(42-73)78-54/h15-17,19-20,22-27,40,45-49,56,59-60,63-66H,14,18,21,28-39,41-44H2,1-13H3,(H,75,90)(H,76,86)(H,77,89)(H,80,88)(H,81,92)(H,82,91)/t47-,48+,49+,56-,59-,60+,63-,64-,65-,66+/m0/s1. The number of methoxy groups -OCH3 is 2. The van der Waals surface area contributed by atoms with Crippen molar-refractivity contribution >= 4 is 95.8 Å². The van der Waals surface area contributed by atoms with Gasteiger partial charge in [0.15, 0.2) is 0 Å². The number of hydrogen-bond acceptors (Lipinski definition) is 18. The molecule has 6 N–H and O–H groups in total. The van der Waals surface area contributed by atoms with Crippen LogP contribution in [0.3, 0.4) is 0 Å². The third-order valence-electron chi connectivity index (χ3n) is 17.7. The number of nitrogens with zero attached hydrogens (tertiary/aromatic N) is 5. The smallest absolute Gasteiger partial charge is 0.266 e. The molecular weight excluding hydrogens is 1420 g/mol. The van der Waals surface area contributed by atoms with Crippen molar-refractivity contribution in [1.29, 1.82) is 0 Å². The number of alkyl halides is 2. The first kappa shape index (κ1) is 84.1. The first-order valence-electron chi connectivity index (χ1n) is 34.4. The van der Waals surface area contributed by atoms with Gasteiger partial charge in [0.25, 0.3) is 11.8 Å². The number of fused-ring (bicyclic) bond motifs is 1. The van der Waals surface area contributed by atoms with E-state index in [-0.39, 0.29) is 86.4 Å². The van der Waals surface area contributed by atoms with Gasteiger partial charge in [0, 0.05) is 69.1 Å². The minimum atomic E-state index is -1.07. The van der Waals surface area contributed by atoms with E-state index in [0.717, 1.165) is 17.0 Å². The number of carbonyl (C=O) groups is 8. The molecule has 100 heavy (non-hydrogen) atoms. The van der Waals surface area contributed by atoms with Gasteiger partial charge in [-0.2, -0.15) is 0 Å². The minimum absolute atomic E-state index is 0.00248. The maximum atomic E-state index is 14.6. The fraction of sp³-hybridized carbons (Fsp3) is 0.611. The van der Waals surface area contributed by atoms with Gasteiger partial charge in [-0.05, 0) is 93.1 Å². The number of rotatable bonds is 45. The molecule has 2 heterocycles. The maximum Gasteiger partial charge on any atom is 0.266 e. The molecule has 1 aliphatic rings. The lowest BCUT2D eigenvalue weighted by Crippen LogP contribution is -2.59. The lowest BCUT2D eigenvalue weighted by Gasteiger charge is -2.41. The average molecular weight is 1530 g/mol. The van der Waals surface area contributed by atoms with Crippen LogP contribution in [-0.2, 0) is 90.5 Å². The van der Waals surface area contributed by atoms with Crippen LogP contribution in [0.1, 0.15) is 120 Å². The summed E-state index contributed by atoms with van der Waals surface area (Å²) in [5.74, 6) is -3.97. The van der Waals surface area contributed by atoms with Crippen LogP contribution in [0.2, 0.25) is 0 Å². The summed E-state index contributed by atoms with van der Waals surface area (Å²) in [5.41, 5.74) is 7.92. The summed E-state index contributed by atoms with van der Waals surface area (Å²) in [4.78, 5) is 129. The Balaban J connectivity index is 1.00. The summed E-state index contributed by atoms with van der Waals surface area (Å²) in [7, 11) is 8.42. The third kappa shape index (κ3) is 26.3. The fourth-order valence-corrected chi connectivity index (χ4v) is 13.0. The van der Waals surface area contributed by atoms with Crippen LogP contribution in [0.5, 0.6) is 0 Å². The van der Waals surface area contributed by atoms with Gasteiger partial charge in [0.1, 0.15) is 18.1 Å². The number of hydrogen-bond donors (Lipinski definition) is 6. The lowest BCUT2D eigenvalue weighted by molar-refractivity contribution is -0.148. The topological polar surface area (TPSA) is 309 Å². The van der Waals surface area contributed by atoms with E-state index in [4.69, 9.17) is 33.3 Å². The van der Waals surface area contributed by atoms with Crippen LogP contribution < -0.4 is 32.1 Å². The molecule has 1 aliphatic heterocycles. The highest BCUT2D eigenvalue weighted by Crippen LogP contribution is 2.30. The summed E-state index contributed by atoms with van der Waals surface area (Å²) in [6, 6.07) is 17.0. The second-order valence-electron chi connectivity index (χ2n) is 26.0. The van der Waals surface area contributed by atoms with Crippen molar-refractivity contribution in [2.24, 2.45) is 23.7 Å². The van der Waals surface area contributed by atoms with Crippen LogP contribution in [0.4, 0.5) is 5.69 Å². The number of aromatic nitrogens is 2. The molecule has 0 aliphatic carbocycles. The minimum Gasteiger partial charge on any atom is -0.379 e. The normalized spacial score (nSPS) is 15.9. The molecule has 0 unspecified atom stereocenters. The van der Waals surface area contributed by atoms with Gasteiger partial charge in [0.05, 0.1) is 125 Å². The highest BCUT2D eigenvalue weighted by Gasteiger charge is 2.44. The zero-order valence-corrected chi connectivity index (χ0v) is 63.6. The number of ether oxygens (including phenoxy) is 6. The van der Waals surface area contributed by atoms with E-state index in [0.29, 0.717) is 111 Å². The number of halogens is 2. The molecule has 0 radical (unpaired) electrons. The van der Waals surface area contributed by atoms with Crippen molar-refractivity contribution < 1.29 is 71.6 Å². The molecule has 1 fully saturated rings.